The van der Waals surface area contributed by atoms with Crippen molar-refractivity contribution < 1.29 is 4.92 Å². The SMILES string of the molecule is CC(C)CC[C@@H](N)c1cc([N+](=O)[O-])ccc1Cl. The third-order valence-corrected chi connectivity index (χ3v) is 2.99. The van der Waals surface area contributed by atoms with Crippen LogP contribution in [-0.4, -0.2) is 4.92 Å². The Hall–Kier alpha value is -1.13. The first-order chi connectivity index (χ1) is 7.91. The van der Waals surface area contributed by atoms with Crippen LogP contribution in [-0.2, 0) is 0 Å². The fourth-order valence-electron chi connectivity index (χ4n) is 1.60. The minimum atomic E-state index is -0.436. The van der Waals surface area contributed by atoms with Gasteiger partial charge in [0.05, 0.1) is 4.92 Å². The number of halogens is 1. The van der Waals surface area contributed by atoms with Gasteiger partial charge in [0, 0.05) is 23.2 Å². The molecular weight excluding hydrogens is 240 g/mol. The second-order valence-electron chi connectivity index (χ2n) is 4.54. The number of benzene rings is 1. The molecule has 0 spiro atoms. The molecule has 1 atom stereocenters. The largest absolute Gasteiger partial charge is 0.324 e. The summed E-state index contributed by atoms with van der Waals surface area (Å²) >= 11 is 6.01. The van der Waals surface area contributed by atoms with Crippen LogP contribution in [0.5, 0.6) is 0 Å². The first-order valence-electron chi connectivity index (χ1n) is 5.61. The van der Waals surface area contributed by atoms with Crippen LogP contribution in [0.2, 0.25) is 5.02 Å². The summed E-state index contributed by atoms with van der Waals surface area (Å²) in [6.07, 6.45) is 1.75. The van der Waals surface area contributed by atoms with Gasteiger partial charge >= 0.3 is 0 Å². The van der Waals surface area contributed by atoms with Crippen molar-refractivity contribution in [3.05, 3.63) is 38.9 Å². The summed E-state index contributed by atoms with van der Waals surface area (Å²) in [4.78, 5) is 10.2. The summed E-state index contributed by atoms with van der Waals surface area (Å²) in [6, 6.07) is 4.14. The quantitative estimate of drug-likeness (QED) is 0.645. The van der Waals surface area contributed by atoms with Gasteiger partial charge in [-0.15, -0.1) is 0 Å². The van der Waals surface area contributed by atoms with Crippen molar-refractivity contribution in [1.82, 2.24) is 0 Å². The van der Waals surface area contributed by atoms with Gasteiger partial charge < -0.3 is 5.73 Å². The van der Waals surface area contributed by atoms with Gasteiger partial charge in [0.15, 0.2) is 0 Å². The molecule has 1 aromatic carbocycles. The molecule has 94 valence electrons. The topological polar surface area (TPSA) is 69.2 Å². The molecule has 0 heterocycles. The normalized spacial score (nSPS) is 12.8. The molecule has 0 fully saturated rings. The maximum atomic E-state index is 10.7. The molecule has 2 N–H and O–H groups in total. The van der Waals surface area contributed by atoms with E-state index in [1.807, 2.05) is 0 Å². The summed E-state index contributed by atoms with van der Waals surface area (Å²) in [5, 5.41) is 11.2. The van der Waals surface area contributed by atoms with E-state index in [1.165, 1.54) is 18.2 Å². The van der Waals surface area contributed by atoms with Crippen LogP contribution in [0, 0.1) is 16.0 Å². The first kappa shape index (κ1) is 13.9. The zero-order chi connectivity index (χ0) is 13.0. The second kappa shape index (κ2) is 5.98. The number of nitro groups is 1. The van der Waals surface area contributed by atoms with Crippen molar-refractivity contribution in [3.8, 4) is 0 Å². The third kappa shape index (κ3) is 3.98. The van der Waals surface area contributed by atoms with Crippen molar-refractivity contribution in [2.24, 2.45) is 11.7 Å². The summed E-state index contributed by atoms with van der Waals surface area (Å²) in [5.41, 5.74) is 6.69. The Balaban J connectivity index is 2.87. The van der Waals surface area contributed by atoms with E-state index in [1.54, 1.807) is 0 Å². The van der Waals surface area contributed by atoms with Gasteiger partial charge in [-0.25, -0.2) is 0 Å². The number of hydrogen-bond donors (Lipinski definition) is 1. The number of non-ortho nitro benzene ring substituents is 1. The molecule has 5 heteroatoms. The average Bonchev–Trinajstić information content (AvgIpc) is 2.26. The van der Waals surface area contributed by atoms with Crippen LogP contribution in [0.15, 0.2) is 18.2 Å². The maximum Gasteiger partial charge on any atom is 0.269 e. The Morgan fingerprint density at radius 1 is 1.41 bits per heavy atom. The summed E-state index contributed by atoms with van der Waals surface area (Å²) in [6.45, 7) is 4.23. The highest BCUT2D eigenvalue weighted by atomic mass is 35.5. The molecule has 0 bridgehead atoms. The lowest BCUT2D eigenvalue weighted by Crippen LogP contribution is -2.12. The molecule has 0 aliphatic heterocycles. The van der Waals surface area contributed by atoms with Crippen molar-refractivity contribution in [2.75, 3.05) is 0 Å². The van der Waals surface area contributed by atoms with E-state index in [2.05, 4.69) is 13.8 Å². The van der Waals surface area contributed by atoms with Crippen molar-refractivity contribution in [3.63, 3.8) is 0 Å². The number of hydrogen-bond acceptors (Lipinski definition) is 3. The summed E-state index contributed by atoms with van der Waals surface area (Å²) in [5.74, 6) is 0.554. The number of rotatable bonds is 5. The number of nitro benzene ring substituents is 1. The molecule has 0 radical (unpaired) electrons. The molecule has 0 saturated heterocycles. The van der Waals surface area contributed by atoms with Gasteiger partial charge in [-0.3, -0.25) is 10.1 Å². The van der Waals surface area contributed by atoms with E-state index in [-0.39, 0.29) is 11.7 Å². The van der Waals surface area contributed by atoms with Gasteiger partial charge in [-0.1, -0.05) is 25.4 Å². The molecule has 17 heavy (non-hydrogen) atoms. The zero-order valence-electron chi connectivity index (χ0n) is 10.0. The van der Waals surface area contributed by atoms with Gasteiger partial charge in [0.1, 0.15) is 0 Å². The highest BCUT2D eigenvalue weighted by molar-refractivity contribution is 6.31. The third-order valence-electron chi connectivity index (χ3n) is 2.64. The minimum absolute atomic E-state index is 0.0318. The van der Waals surface area contributed by atoms with E-state index in [4.69, 9.17) is 17.3 Å². The Kier molecular flexibility index (Phi) is 4.90. The van der Waals surface area contributed by atoms with Gasteiger partial charge in [-0.05, 0) is 30.4 Å². The van der Waals surface area contributed by atoms with Crippen molar-refractivity contribution in [1.29, 1.82) is 0 Å². The molecule has 0 amide bonds. The summed E-state index contributed by atoms with van der Waals surface area (Å²) in [7, 11) is 0. The molecule has 4 nitrogen and oxygen atoms in total. The maximum absolute atomic E-state index is 10.7. The second-order valence-corrected chi connectivity index (χ2v) is 4.95. The van der Waals surface area contributed by atoms with Gasteiger partial charge in [0.25, 0.3) is 5.69 Å². The fraction of sp³-hybridized carbons (Fsp3) is 0.500. The van der Waals surface area contributed by atoms with Crippen LogP contribution in [0.25, 0.3) is 0 Å². The van der Waals surface area contributed by atoms with Crippen LogP contribution < -0.4 is 5.73 Å². The predicted molar refractivity (Wildman–Crippen MR) is 69.1 cm³/mol. The van der Waals surface area contributed by atoms with E-state index in [9.17, 15) is 10.1 Å². The van der Waals surface area contributed by atoms with Gasteiger partial charge in [-0.2, -0.15) is 0 Å². The molecule has 0 saturated carbocycles. The number of nitrogens with two attached hydrogens (primary N) is 1. The first-order valence-corrected chi connectivity index (χ1v) is 5.99. The smallest absolute Gasteiger partial charge is 0.269 e. The van der Waals surface area contributed by atoms with E-state index < -0.39 is 4.92 Å². The number of nitrogens with zero attached hydrogens (tertiary/aromatic N) is 1. The molecule has 0 aliphatic carbocycles. The fourth-order valence-corrected chi connectivity index (χ4v) is 1.85. The zero-order valence-corrected chi connectivity index (χ0v) is 10.8. The minimum Gasteiger partial charge on any atom is -0.324 e. The average molecular weight is 257 g/mol. The Morgan fingerprint density at radius 2 is 2.06 bits per heavy atom. The standard InChI is InChI=1S/C12H17ClN2O2/c1-8(2)3-6-12(14)10-7-9(15(16)17)4-5-11(10)13/h4-5,7-8,12H,3,6,14H2,1-2H3/t12-/m1/s1. The molecular formula is C12H17ClN2O2. The summed E-state index contributed by atoms with van der Waals surface area (Å²) < 4.78 is 0. The van der Waals surface area contributed by atoms with E-state index in [0.717, 1.165) is 12.8 Å². The monoisotopic (exact) mass is 256 g/mol. The lowest BCUT2D eigenvalue weighted by molar-refractivity contribution is -0.384. The Labute approximate surface area is 106 Å². The van der Waals surface area contributed by atoms with E-state index in [0.29, 0.717) is 16.5 Å². The van der Waals surface area contributed by atoms with Crippen LogP contribution in [0.1, 0.15) is 38.3 Å². The Morgan fingerprint density at radius 3 is 2.59 bits per heavy atom. The van der Waals surface area contributed by atoms with Crippen molar-refractivity contribution >= 4 is 17.3 Å². The van der Waals surface area contributed by atoms with Crippen LogP contribution in [0.3, 0.4) is 0 Å². The molecule has 1 aromatic rings. The lowest BCUT2D eigenvalue weighted by Gasteiger charge is -2.14. The highest BCUT2D eigenvalue weighted by Gasteiger charge is 2.15. The predicted octanol–water partition coefficient (Wildman–Crippen LogP) is 3.68. The van der Waals surface area contributed by atoms with Crippen LogP contribution >= 0.6 is 11.6 Å². The molecule has 1 rings (SSSR count). The molecule has 0 aromatic heterocycles. The van der Waals surface area contributed by atoms with Gasteiger partial charge in [0.2, 0.25) is 0 Å². The molecule has 0 aliphatic rings. The lowest BCUT2D eigenvalue weighted by atomic mass is 9.98. The molecule has 0 unspecified atom stereocenters. The van der Waals surface area contributed by atoms with Crippen molar-refractivity contribution in [2.45, 2.75) is 32.7 Å². The Bertz CT molecular complexity index is 407. The highest BCUT2D eigenvalue weighted by Crippen LogP contribution is 2.29. The van der Waals surface area contributed by atoms with E-state index >= 15 is 0 Å². The van der Waals surface area contributed by atoms with Crippen LogP contribution in [0.4, 0.5) is 5.69 Å².